The summed E-state index contributed by atoms with van der Waals surface area (Å²) in [6.45, 7) is -0.465. The van der Waals surface area contributed by atoms with Gasteiger partial charge in [-0.3, -0.25) is 9.59 Å². The van der Waals surface area contributed by atoms with Crippen LogP contribution in [0.15, 0.2) is 30.3 Å². The van der Waals surface area contributed by atoms with Crippen LogP contribution in [0.1, 0.15) is 6.42 Å². The summed E-state index contributed by atoms with van der Waals surface area (Å²) >= 11 is 11.6. The number of halogens is 5. The number of ether oxygens (including phenoxy) is 1. The summed E-state index contributed by atoms with van der Waals surface area (Å²) in [6, 6.07) is 6.16. The van der Waals surface area contributed by atoms with Crippen molar-refractivity contribution in [3.05, 3.63) is 57.8 Å². The van der Waals surface area contributed by atoms with Crippen LogP contribution in [-0.2, 0) is 9.59 Å². The molecule has 0 saturated carbocycles. The minimum Gasteiger partial charge on any atom is -0.493 e. The van der Waals surface area contributed by atoms with Gasteiger partial charge in [-0.05, 0) is 24.3 Å². The SMILES string of the molecule is O=C(CCOc1ccc(Cl)c(Cl)c1)NCC(=O)Nc1ccc(F)c(F)c1F. The van der Waals surface area contributed by atoms with Crippen LogP contribution in [-0.4, -0.2) is 25.0 Å². The summed E-state index contributed by atoms with van der Waals surface area (Å²) < 4.78 is 44.7. The molecular weight excluding hydrogens is 408 g/mol. The van der Waals surface area contributed by atoms with Crippen molar-refractivity contribution in [1.82, 2.24) is 5.32 Å². The van der Waals surface area contributed by atoms with E-state index in [1.807, 2.05) is 5.32 Å². The van der Waals surface area contributed by atoms with Crippen molar-refractivity contribution in [2.45, 2.75) is 6.42 Å². The maximum Gasteiger partial charge on any atom is 0.243 e. The van der Waals surface area contributed by atoms with Gasteiger partial charge >= 0.3 is 0 Å². The standard InChI is InChI=1S/C17H13Cl2F3N2O3/c18-10-2-1-9(7-11(10)19)27-6-5-14(25)23-8-15(26)24-13-4-3-12(20)16(21)17(13)22/h1-4,7H,5-6,8H2,(H,23,25)(H,24,26). The Morgan fingerprint density at radius 2 is 1.70 bits per heavy atom. The monoisotopic (exact) mass is 420 g/mol. The fourth-order valence-electron chi connectivity index (χ4n) is 1.91. The normalized spacial score (nSPS) is 10.4. The molecule has 2 aromatic carbocycles. The number of anilines is 1. The molecule has 0 heterocycles. The van der Waals surface area contributed by atoms with Crippen LogP contribution < -0.4 is 15.4 Å². The lowest BCUT2D eigenvalue weighted by Gasteiger charge is -2.09. The van der Waals surface area contributed by atoms with E-state index in [-0.39, 0.29) is 13.0 Å². The van der Waals surface area contributed by atoms with Crippen LogP contribution in [0.3, 0.4) is 0 Å². The molecule has 0 saturated heterocycles. The molecule has 0 aliphatic carbocycles. The maximum absolute atomic E-state index is 13.5. The zero-order valence-corrected chi connectivity index (χ0v) is 15.1. The Morgan fingerprint density at radius 1 is 0.963 bits per heavy atom. The number of carbonyl (C=O) groups excluding carboxylic acids is 2. The van der Waals surface area contributed by atoms with E-state index in [1.54, 1.807) is 12.1 Å². The molecule has 144 valence electrons. The lowest BCUT2D eigenvalue weighted by molar-refractivity contribution is -0.124. The van der Waals surface area contributed by atoms with Crippen molar-refractivity contribution < 1.29 is 27.5 Å². The van der Waals surface area contributed by atoms with E-state index in [1.165, 1.54) is 6.07 Å². The van der Waals surface area contributed by atoms with E-state index < -0.39 is 41.5 Å². The van der Waals surface area contributed by atoms with Gasteiger partial charge in [0.2, 0.25) is 11.8 Å². The highest BCUT2D eigenvalue weighted by Gasteiger charge is 2.15. The molecule has 2 rings (SSSR count). The Bertz CT molecular complexity index is 866. The molecule has 27 heavy (non-hydrogen) atoms. The Kier molecular flexibility index (Phi) is 7.32. The van der Waals surface area contributed by atoms with E-state index in [0.29, 0.717) is 21.9 Å². The summed E-state index contributed by atoms with van der Waals surface area (Å²) in [5, 5.41) is 4.99. The molecule has 0 fully saturated rings. The molecule has 0 spiro atoms. The Labute approximate surface area is 162 Å². The van der Waals surface area contributed by atoms with Crippen LogP contribution in [0, 0.1) is 17.5 Å². The largest absolute Gasteiger partial charge is 0.493 e. The summed E-state index contributed by atoms with van der Waals surface area (Å²) in [4.78, 5) is 23.3. The molecule has 2 N–H and O–H groups in total. The zero-order valence-electron chi connectivity index (χ0n) is 13.6. The molecule has 0 atom stereocenters. The van der Waals surface area contributed by atoms with Crippen LogP contribution in [0.5, 0.6) is 5.75 Å². The van der Waals surface area contributed by atoms with Gasteiger partial charge in [0.05, 0.1) is 35.3 Å². The average molecular weight is 421 g/mol. The topological polar surface area (TPSA) is 67.4 Å². The third-order valence-electron chi connectivity index (χ3n) is 3.24. The van der Waals surface area contributed by atoms with E-state index in [2.05, 4.69) is 5.32 Å². The Balaban J connectivity index is 1.74. The van der Waals surface area contributed by atoms with Gasteiger partial charge in [0.25, 0.3) is 0 Å². The first-order valence-corrected chi connectivity index (χ1v) is 8.31. The van der Waals surface area contributed by atoms with Crippen LogP contribution in [0.4, 0.5) is 18.9 Å². The van der Waals surface area contributed by atoms with E-state index >= 15 is 0 Å². The highest BCUT2D eigenvalue weighted by molar-refractivity contribution is 6.42. The maximum atomic E-state index is 13.5. The van der Waals surface area contributed by atoms with E-state index in [9.17, 15) is 22.8 Å². The molecule has 10 heteroatoms. The van der Waals surface area contributed by atoms with Gasteiger partial charge in [0, 0.05) is 6.07 Å². The first kappa shape index (κ1) is 20.9. The van der Waals surface area contributed by atoms with Gasteiger partial charge in [-0.15, -0.1) is 0 Å². The molecule has 2 aromatic rings. The second-order valence-corrected chi connectivity index (χ2v) is 6.04. The van der Waals surface area contributed by atoms with Gasteiger partial charge in [-0.2, -0.15) is 0 Å². The third kappa shape index (κ3) is 6.04. The molecule has 0 unspecified atom stereocenters. The summed E-state index contributed by atoms with van der Waals surface area (Å²) in [6.07, 6.45) is -0.0624. The van der Waals surface area contributed by atoms with E-state index in [4.69, 9.17) is 27.9 Å². The predicted octanol–water partition coefficient (Wildman–Crippen LogP) is 3.93. The number of benzene rings is 2. The van der Waals surface area contributed by atoms with Crippen molar-refractivity contribution >= 4 is 40.7 Å². The first-order chi connectivity index (χ1) is 12.8. The molecule has 0 radical (unpaired) electrons. The highest BCUT2D eigenvalue weighted by Crippen LogP contribution is 2.26. The minimum absolute atomic E-state index is 0.0171. The van der Waals surface area contributed by atoms with Gasteiger partial charge < -0.3 is 15.4 Å². The second kappa shape index (κ2) is 9.48. The number of hydrogen-bond donors (Lipinski definition) is 2. The lowest BCUT2D eigenvalue weighted by atomic mass is 10.2. The molecule has 0 bridgehead atoms. The second-order valence-electron chi connectivity index (χ2n) is 5.22. The van der Waals surface area contributed by atoms with Gasteiger partial charge in [0.15, 0.2) is 17.5 Å². The summed E-state index contributed by atoms with van der Waals surface area (Å²) in [7, 11) is 0. The number of rotatable bonds is 7. The minimum atomic E-state index is -1.70. The molecule has 2 amide bonds. The summed E-state index contributed by atoms with van der Waals surface area (Å²) in [5.74, 6) is -5.49. The number of nitrogens with one attached hydrogen (secondary N) is 2. The number of carbonyl (C=O) groups is 2. The van der Waals surface area contributed by atoms with Crippen LogP contribution >= 0.6 is 23.2 Å². The highest BCUT2D eigenvalue weighted by atomic mass is 35.5. The van der Waals surface area contributed by atoms with E-state index in [0.717, 1.165) is 6.07 Å². The smallest absolute Gasteiger partial charge is 0.243 e. The van der Waals surface area contributed by atoms with Gasteiger partial charge in [0.1, 0.15) is 5.75 Å². The number of hydrogen-bond acceptors (Lipinski definition) is 3. The predicted molar refractivity (Wildman–Crippen MR) is 94.5 cm³/mol. The van der Waals surface area contributed by atoms with Crippen molar-refractivity contribution in [1.29, 1.82) is 0 Å². The molecular formula is C17H13Cl2F3N2O3. The van der Waals surface area contributed by atoms with Crippen molar-refractivity contribution in [3.8, 4) is 5.75 Å². The fraction of sp³-hybridized carbons (Fsp3) is 0.176. The zero-order chi connectivity index (χ0) is 20.0. The molecule has 5 nitrogen and oxygen atoms in total. The van der Waals surface area contributed by atoms with Crippen molar-refractivity contribution in [3.63, 3.8) is 0 Å². The molecule has 0 aliphatic heterocycles. The third-order valence-corrected chi connectivity index (χ3v) is 3.98. The van der Waals surface area contributed by atoms with Crippen molar-refractivity contribution in [2.24, 2.45) is 0 Å². The quantitative estimate of drug-likeness (QED) is 0.666. The fourth-order valence-corrected chi connectivity index (χ4v) is 2.20. The molecule has 0 aliphatic rings. The Hall–Kier alpha value is -2.45. The first-order valence-electron chi connectivity index (χ1n) is 7.56. The van der Waals surface area contributed by atoms with Crippen LogP contribution in [0.25, 0.3) is 0 Å². The molecule has 0 aromatic heterocycles. The average Bonchev–Trinajstić information content (AvgIpc) is 2.63. The number of amides is 2. The van der Waals surface area contributed by atoms with Gasteiger partial charge in [-0.1, -0.05) is 23.2 Å². The van der Waals surface area contributed by atoms with Gasteiger partial charge in [-0.25, -0.2) is 13.2 Å². The lowest BCUT2D eigenvalue weighted by Crippen LogP contribution is -2.33. The van der Waals surface area contributed by atoms with Crippen LogP contribution in [0.2, 0.25) is 10.0 Å². The Morgan fingerprint density at radius 3 is 2.41 bits per heavy atom. The summed E-state index contributed by atoms with van der Waals surface area (Å²) in [5.41, 5.74) is -0.531. The van der Waals surface area contributed by atoms with Crippen molar-refractivity contribution in [2.75, 3.05) is 18.5 Å².